The summed E-state index contributed by atoms with van der Waals surface area (Å²) in [5.74, 6) is 0. The third-order valence-corrected chi connectivity index (χ3v) is 2.51. The van der Waals surface area contributed by atoms with E-state index in [2.05, 4.69) is 32.4 Å². The van der Waals surface area contributed by atoms with Gasteiger partial charge in [-0.05, 0) is 32.1 Å². The zero-order chi connectivity index (χ0) is 10.5. The van der Waals surface area contributed by atoms with Gasteiger partial charge in [-0.1, -0.05) is 58.1 Å². The average molecular weight is 195 g/mol. The first-order valence-corrected chi connectivity index (χ1v) is 6.34. The van der Waals surface area contributed by atoms with E-state index in [-0.39, 0.29) is 0 Å². The third kappa shape index (κ3) is 11.7. The maximum absolute atomic E-state index is 2.35. The van der Waals surface area contributed by atoms with E-state index >= 15 is 0 Å². The van der Waals surface area contributed by atoms with E-state index in [1.54, 1.807) is 0 Å². The van der Waals surface area contributed by atoms with Crippen LogP contribution in [-0.4, -0.2) is 0 Å². The fourth-order valence-corrected chi connectivity index (χ4v) is 1.54. The summed E-state index contributed by atoms with van der Waals surface area (Å²) >= 11 is 0. The number of allylic oxidation sites excluding steroid dienone is 2. The van der Waals surface area contributed by atoms with Crippen LogP contribution in [0.2, 0.25) is 0 Å². The van der Waals surface area contributed by atoms with E-state index in [9.17, 15) is 0 Å². The molecule has 0 aliphatic carbocycles. The van der Waals surface area contributed by atoms with Gasteiger partial charge in [0.05, 0.1) is 0 Å². The van der Waals surface area contributed by atoms with E-state index in [4.69, 9.17) is 0 Å². The number of hydrogen-bond acceptors (Lipinski definition) is 0. The van der Waals surface area contributed by atoms with E-state index in [1.807, 2.05) is 0 Å². The van der Waals surface area contributed by atoms with Gasteiger partial charge in [0, 0.05) is 0 Å². The van der Waals surface area contributed by atoms with Crippen LogP contribution in [0.15, 0.2) is 12.2 Å². The third-order valence-electron chi connectivity index (χ3n) is 2.51. The summed E-state index contributed by atoms with van der Waals surface area (Å²) in [5, 5.41) is 0. The Labute approximate surface area is 90.8 Å². The number of rotatable bonds is 10. The van der Waals surface area contributed by atoms with Crippen molar-refractivity contribution in [3.05, 3.63) is 18.6 Å². The van der Waals surface area contributed by atoms with Crippen molar-refractivity contribution in [2.75, 3.05) is 0 Å². The summed E-state index contributed by atoms with van der Waals surface area (Å²) in [7, 11) is 0. The molecule has 0 nitrogen and oxygen atoms in total. The summed E-state index contributed by atoms with van der Waals surface area (Å²) in [6.45, 7) is 4.40. The van der Waals surface area contributed by atoms with Gasteiger partial charge in [0.1, 0.15) is 0 Å². The van der Waals surface area contributed by atoms with Crippen LogP contribution in [0.5, 0.6) is 0 Å². The van der Waals surface area contributed by atoms with Crippen LogP contribution in [-0.2, 0) is 0 Å². The average Bonchev–Trinajstić information content (AvgIpc) is 2.21. The normalized spacial score (nSPS) is 11.3. The molecule has 0 aromatic carbocycles. The molecule has 1 radical (unpaired) electrons. The highest BCUT2D eigenvalue weighted by molar-refractivity contribution is 4.82. The van der Waals surface area contributed by atoms with E-state index < -0.39 is 0 Å². The Kier molecular flexibility index (Phi) is 12.5. The van der Waals surface area contributed by atoms with Crippen LogP contribution in [0.25, 0.3) is 0 Å². The minimum absolute atomic E-state index is 1.23. The van der Waals surface area contributed by atoms with Crippen molar-refractivity contribution in [1.29, 1.82) is 0 Å². The smallest absolute Gasteiger partial charge is 0.0348 e. The largest absolute Gasteiger partial charge is 0.0885 e. The van der Waals surface area contributed by atoms with Gasteiger partial charge in [0.25, 0.3) is 0 Å². The van der Waals surface area contributed by atoms with Crippen molar-refractivity contribution in [2.24, 2.45) is 0 Å². The van der Waals surface area contributed by atoms with Crippen molar-refractivity contribution in [2.45, 2.75) is 71.6 Å². The van der Waals surface area contributed by atoms with Crippen LogP contribution < -0.4 is 0 Å². The number of unbranched alkanes of at least 4 members (excludes halogenated alkanes) is 8. The molecule has 0 heterocycles. The molecule has 83 valence electrons. The lowest BCUT2D eigenvalue weighted by Gasteiger charge is -1.97. The lowest BCUT2D eigenvalue weighted by molar-refractivity contribution is 0.611. The maximum Gasteiger partial charge on any atom is -0.0348 e. The Morgan fingerprint density at radius 2 is 1.36 bits per heavy atom. The van der Waals surface area contributed by atoms with Crippen LogP contribution in [0.4, 0.5) is 0 Å². The summed E-state index contributed by atoms with van der Waals surface area (Å²) in [6, 6.07) is 0. The van der Waals surface area contributed by atoms with E-state index in [0.717, 1.165) is 0 Å². The monoisotopic (exact) mass is 195 g/mol. The van der Waals surface area contributed by atoms with Crippen LogP contribution >= 0.6 is 0 Å². The fraction of sp³-hybridized carbons (Fsp3) is 0.786. The minimum atomic E-state index is 1.23. The second-order valence-corrected chi connectivity index (χ2v) is 4.01. The molecule has 0 aromatic heterocycles. The van der Waals surface area contributed by atoms with Crippen molar-refractivity contribution >= 4 is 0 Å². The molecule has 0 heteroatoms. The van der Waals surface area contributed by atoms with Gasteiger partial charge in [0.2, 0.25) is 0 Å². The molecule has 0 bridgehead atoms. The molecule has 0 atom stereocenters. The van der Waals surface area contributed by atoms with Crippen molar-refractivity contribution in [3.63, 3.8) is 0 Å². The number of hydrogen-bond donors (Lipinski definition) is 0. The molecular weight excluding hydrogens is 168 g/mol. The van der Waals surface area contributed by atoms with Gasteiger partial charge in [-0.2, -0.15) is 0 Å². The second kappa shape index (κ2) is 12.7. The first-order chi connectivity index (χ1) is 6.91. The standard InChI is InChI=1S/C14H27/c1-3-5-7-9-11-13-14-12-10-8-6-4-2/h3,9,11H,4-8,10,12-14H2,1-2H3/b11-9+. The summed E-state index contributed by atoms with van der Waals surface area (Å²) in [5.41, 5.74) is 0. The molecule has 0 amide bonds. The molecular formula is C14H27. The van der Waals surface area contributed by atoms with Crippen LogP contribution in [0.3, 0.4) is 0 Å². The molecule has 0 N–H and O–H groups in total. The fourth-order valence-electron chi connectivity index (χ4n) is 1.54. The Bertz CT molecular complexity index is 113. The van der Waals surface area contributed by atoms with E-state index in [1.165, 1.54) is 57.8 Å². The van der Waals surface area contributed by atoms with Crippen LogP contribution in [0.1, 0.15) is 71.6 Å². The zero-order valence-electron chi connectivity index (χ0n) is 10.1. The zero-order valence-corrected chi connectivity index (χ0v) is 10.1. The SMILES string of the molecule is C[CH]CC/C=C/CCCCCCCC. The molecule has 0 saturated heterocycles. The lowest BCUT2D eigenvalue weighted by atomic mass is 10.1. The predicted molar refractivity (Wildman–Crippen MR) is 66.3 cm³/mol. The molecule has 0 spiro atoms. The maximum atomic E-state index is 2.35. The quantitative estimate of drug-likeness (QED) is 0.328. The van der Waals surface area contributed by atoms with Gasteiger partial charge >= 0.3 is 0 Å². The minimum Gasteiger partial charge on any atom is -0.0885 e. The first kappa shape index (κ1) is 13.7. The topological polar surface area (TPSA) is 0 Å². The van der Waals surface area contributed by atoms with Gasteiger partial charge in [-0.25, -0.2) is 0 Å². The van der Waals surface area contributed by atoms with Crippen molar-refractivity contribution in [3.8, 4) is 0 Å². The molecule has 0 aromatic rings. The van der Waals surface area contributed by atoms with Crippen molar-refractivity contribution in [1.82, 2.24) is 0 Å². The highest BCUT2D eigenvalue weighted by atomic mass is 13.9. The van der Waals surface area contributed by atoms with Gasteiger partial charge < -0.3 is 0 Å². The summed E-state index contributed by atoms with van der Waals surface area (Å²) < 4.78 is 0. The Morgan fingerprint density at radius 3 is 2.07 bits per heavy atom. The Balaban J connectivity index is 2.94. The molecule has 0 aliphatic heterocycles. The Hall–Kier alpha value is -0.260. The predicted octanol–water partition coefficient (Wildman–Crippen LogP) is 5.30. The molecule has 0 aliphatic rings. The lowest BCUT2D eigenvalue weighted by Crippen LogP contribution is -1.77. The van der Waals surface area contributed by atoms with Gasteiger partial charge in [0.15, 0.2) is 0 Å². The molecule has 14 heavy (non-hydrogen) atoms. The molecule has 0 fully saturated rings. The van der Waals surface area contributed by atoms with E-state index in [0.29, 0.717) is 0 Å². The van der Waals surface area contributed by atoms with Gasteiger partial charge in [-0.3, -0.25) is 0 Å². The summed E-state index contributed by atoms with van der Waals surface area (Å²) in [6.07, 6.45) is 19.1. The molecule has 0 unspecified atom stereocenters. The Morgan fingerprint density at radius 1 is 0.714 bits per heavy atom. The summed E-state index contributed by atoms with van der Waals surface area (Å²) in [4.78, 5) is 0. The molecule has 0 saturated carbocycles. The highest BCUT2D eigenvalue weighted by Gasteiger charge is 1.87. The highest BCUT2D eigenvalue weighted by Crippen LogP contribution is 2.07. The van der Waals surface area contributed by atoms with Gasteiger partial charge in [-0.15, -0.1) is 0 Å². The van der Waals surface area contributed by atoms with Crippen molar-refractivity contribution < 1.29 is 0 Å². The molecule has 0 rings (SSSR count). The second-order valence-electron chi connectivity index (χ2n) is 4.01. The van der Waals surface area contributed by atoms with Crippen LogP contribution in [0, 0.1) is 6.42 Å². The first-order valence-electron chi connectivity index (χ1n) is 6.34.